The van der Waals surface area contributed by atoms with E-state index in [4.69, 9.17) is 16.9 Å². The van der Waals surface area contributed by atoms with Gasteiger partial charge in [-0.3, -0.25) is 9.98 Å². The number of aromatic amines is 1. The van der Waals surface area contributed by atoms with Crippen LogP contribution in [0.15, 0.2) is 70.5 Å². The summed E-state index contributed by atoms with van der Waals surface area (Å²) in [5, 5.41) is 15.1. The first-order chi connectivity index (χ1) is 24.0. The topological polar surface area (TPSA) is 188 Å². The molecule has 1 unspecified atom stereocenters. The molecule has 5 rings (SSSR count). The first kappa shape index (κ1) is 39.7. The Balaban J connectivity index is 0.000000229. The second kappa shape index (κ2) is 17.0. The summed E-state index contributed by atoms with van der Waals surface area (Å²) in [5.41, 5.74) is 15.5. The molecular formula is C38H57N9O3S. The van der Waals surface area contributed by atoms with Crippen molar-refractivity contribution in [2.24, 2.45) is 11.5 Å². The Morgan fingerprint density at radius 1 is 1.00 bits per heavy atom. The van der Waals surface area contributed by atoms with E-state index in [0.717, 1.165) is 61.4 Å². The van der Waals surface area contributed by atoms with Crippen LogP contribution >= 0.6 is 0 Å². The lowest BCUT2D eigenvalue weighted by Crippen LogP contribution is -2.38. The molecule has 2 aromatic heterocycles. The minimum atomic E-state index is -3.25. The van der Waals surface area contributed by atoms with Crippen molar-refractivity contribution >= 4 is 26.8 Å². The number of likely N-dealkylation sites (tertiary alicyclic amines) is 1. The maximum Gasteiger partial charge on any atom is 0.354 e. The van der Waals surface area contributed by atoms with Gasteiger partial charge in [0.25, 0.3) is 0 Å². The molecule has 1 aliphatic rings. The summed E-state index contributed by atoms with van der Waals surface area (Å²) < 4.78 is 26.5. The van der Waals surface area contributed by atoms with Gasteiger partial charge in [-0.15, -0.1) is 0 Å². The van der Waals surface area contributed by atoms with Crippen molar-refractivity contribution in [3.63, 3.8) is 0 Å². The number of nitrogens with two attached hydrogens (primary N) is 2. The average Bonchev–Trinajstić information content (AvgIpc) is 3.73. The summed E-state index contributed by atoms with van der Waals surface area (Å²) in [4.78, 5) is 22.1. The third kappa shape index (κ3) is 11.2. The summed E-state index contributed by atoms with van der Waals surface area (Å²) in [6, 6.07) is 17.5. The van der Waals surface area contributed by atoms with Crippen LogP contribution in [-0.4, -0.2) is 78.3 Å². The normalized spacial score (nSPS) is 15.2. The zero-order chi connectivity index (χ0) is 37.4. The number of fused-ring (bicyclic) bond motifs is 1. The number of guanidine groups is 1. The van der Waals surface area contributed by atoms with Crippen LogP contribution in [0.2, 0.25) is 0 Å². The standard InChI is InChI=1S/C20H27N5O.C18H30N4O2S/c1-20(2,3)17-11-15-13-25(19(26)24-18(15)23-17)16-7-5-14(6-8-16)12-22-10-4-9-21;1-18(2,3)14-5-7-16(8-6-14)25(23,24)12-4-10-21-15-9-11-22(13-15)17(19)20/h5-8,11,13,22H,4,9-10,12,21H2,1-3H3,(H,23,24,26);5-8,15,21H,4,9-13H2,1-3H3,(H3,19,20). The Kier molecular flexibility index (Phi) is 13.2. The van der Waals surface area contributed by atoms with E-state index in [1.54, 1.807) is 16.7 Å². The molecule has 1 aliphatic heterocycles. The highest BCUT2D eigenvalue weighted by molar-refractivity contribution is 7.91. The second-order valence-electron chi connectivity index (χ2n) is 15.3. The van der Waals surface area contributed by atoms with Crippen LogP contribution in [0, 0.1) is 5.41 Å². The van der Waals surface area contributed by atoms with Gasteiger partial charge >= 0.3 is 5.69 Å². The molecule has 12 nitrogen and oxygen atoms in total. The van der Waals surface area contributed by atoms with Crippen molar-refractivity contribution in [1.29, 1.82) is 5.41 Å². The van der Waals surface area contributed by atoms with Crippen molar-refractivity contribution in [1.82, 2.24) is 30.1 Å². The van der Waals surface area contributed by atoms with Gasteiger partial charge in [-0.2, -0.15) is 4.98 Å². The molecule has 0 amide bonds. The number of rotatable bonds is 12. The lowest BCUT2D eigenvalue weighted by Gasteiger charge is -2.19. The van der Waals surface area contributed by atoms with Gasteiger partial charge in [0.2, 0.25) is 0 Å². The number of nitrogens with one attached hydrogen (secondary N) is 4. The molecule has 1 saturated heterocycles. The van der Waals surface area contributed by atoms with Crippen molar-refractivity contribution in [2.75, 3.05) is 38.5 Å². The minimum absolute atomic E-state index is 0.0151. The third-order valence-electron chi connectivity index (χ3n) is 9.05. The van der Waals surface area contributed by atoms with Crippen LogP contribution in [0.1, 0.15) is 77.6 Å². The predicted molar refractivity (Wildman–Crippen MR) is 207 cm³/mol. The van der Waals surface area contributed by atoms with Gasteiger partial charge in [-0.05, 0) is 85.8 Å². The summed E-state index contributed by atoms with van der Waals surface area (Å²) in [6.45, 7) is 17.3. The Morgan fingerprint density at radius 3 is 2.27 bits per heavy atom. The molecule has 51 heavy (non-hydrogen) atoms. The van der Waals surface area contributed by atoms with E-state index in [-0.39, 0.29) is 34.3 Å². The number of sulfone groups is 1. The largest absolute Gasteiger partial charge is 0.370 e. The van der Waals surface area contributed by atoms with Crippen molar-refractivity contribution < 1.29 is 8.42 Å². The maximum atomic E-state index is 12.4. The molecule has 8 N–H and O–H groups in total. The van der Waals surface area contributed by atoms with E-state index in [1.165, 1.54) is 5.56 Å². The first-order valence-electron chi connectivity index (χ1n) is 17.8. The second-order valence-corrected chi connectivity index (χ2v) is 17.4. The fourth-order valence-electron chi connectivity index (χ4n) is 5.81. The Hall–Kier alpha value is -4.04. The summed E-state index contributed by atoms with van der Waals surface area (Å²) >= 11 is 0. The molecule has 13 heteroatoms. The Morgan fingerprint density at radius 2 is 1.69 bits per heavy atom. The van der Waals surface area contributed by atoms with Gasteiger partial charge in [-0.25, -0.2) is 13.2 Å². The van der Waals surface area contributed by atoms with Gasteiger partial charge in [0.15, 0.2) is 15.8 Å². The van der Waals surface area contributed by atoms with E-state index in [0.29, 0.717) is 30.1 Å². The van der Waals surface area contributed by atoms with Crippen LogP contribution in [0.5, 0.6) is 0 Å². The fraction of sp³-hybridized carbons (Fsp3) is 0.500. The summed E-state index contributed by atoms with van der Waals surface area (Å²) in [5.74, 6) is 0.239. The lowest BCUT2D eigenvalue weighted by atomic mass is 9.87. The molecule has 4 aromatic rings. The number of aromatic nitrogens is 3. The van der Waals surface area contributed by atoms with E-state index in [2.05, 4.69) is 68.2 Å². The van der Waals surface area contributed by atoms with Crippen molar-refractivity contribution in [2.45, 2.75) is 89.1 Å². The molecule has 0 spiro atoms. The molecule has 0 radical (unpaired) electrons. The van der Waals surface area contributed by atoms with E-state index in [9.17, 15) is 13.2 Å². The van der Waals surface area contributed by atoms with Crippen LogP contribution in [-0.2, 0) is 27.2 Å². The molecule has 278 valence electrons. The Labute approximate surface area is 302 Å². The minimum Gasteiger partial charge on any atom is -0.370 e. The highest BCUT2D eigenvalue weighted by Crippen LogP contribution is 2.25. The molecule has 0 aliphatic carbocycles. The molecule has 2 aromatic carbocycles. The van der Waals surface area contributed by atoms with Crippen LogP contribution < -0.4 is 27.8 Å². The highest BCUT2D eigenvalue weighted by Gasteiger charge is 2.23. The summed E-state index contributed by atoms with van der Waals surface area (Å²) in [7, 11) is -3.25. The zero-order valence-electron chi connectivity index (χ0n) is 31.1. The summed E-state index contributed by atoms with van der Waals surface area (Å²) in [6.07, 6.45) is 4.32. The number of nitrogens with zero attached hydrogens (tertiary/aromatic N) is 3. The predicted octanol–water partition coefficient (Wildman–Crippen LogP) is 4.15. The number of hydrogen-bond donors (Lipinski definition) is 6. The van der Waals surface area contributed by atoms with E-state index >= 15 is 0 Å². The van der Waals surface area contributed by atoms with Gasteiger partial charge in [-0.1, -0.05) is 65.8 Å². The Bertz CT molecular complexity index is 1900. The zero-order valence-corrected chi connectivity index (χ0v) is 31.9. The average molecular weight is 720 g/mol. The van der Waals surface area contributed by atoms with Gasteiger partial charge < -0.3 is 32.0 Å². The molecular weight excluding hydrogens is 663 g/mol. The lowest BCUT2D eigenvalue weighted by molar-refractivity contribution is 0.470. The highest BCUT2D eigenvalue weighted by atomic mass is 32.2. The molecule has 0 bridgehead atoms. The van der Waals surface area contributed by atoms with Crippen LogP contribution in [0.25, 0.3) is 16.7 Å². The molecule has 0 saturated carbocycles. The smallest absolute Gasteiger partial charge is 0.354 e. The van der Waals surface area contributed by atoms with Gasteiger partial charge in [0.05, 0.1) is 16.3 Å². The molecule has 1 atom stereocenters. The molecule has 1 fully saturated rings. The van der Waals surface area contributed by atoms with Crippen LogP contribution in [0.3, 0.4) is 0 Å². The van der Waals surface area contributed by atoms with E-state index in [1.807, 2.05) is 47.5 Å². The molecule has 3 heterocycles. The monoisotopic (exact) mass is 719 g/mol. The van der Waals surface area contributed by atoms with E-state index < -0.39 is 9.84 Å². The number of H-pyrrole nitrogens is 1. The number of benzene rings is 2. The number of hydrogen-bond acceptors (Lipinski definition) is 8. The maximum absolute atomic E-state index is 12.4. The fourth-order valence-corrected chi connectivity index (χ4v) is 7.12. The van der Waals surface area contributed by atoms with Crippen molar-refractivity contribution in [3.8, 4) is 5.69 Å². The first-order valence-corrected chi connectivity index (χ1v) is 19.4. The SMILES string of the molecule is CC(C)(C)c1cc2cn(-c3ccc(CNCCCN)cc3)c(=O)nc2[nH]1.CC(C)(C)c1ccc(S(=O)(=O)CCCNC2CCN(C(=N)N)C2)cc1. The van der Waals surface area contributed by atoms with Crippen molar-refractivity contribution in [3.05, 3.63) is 88.1 Å². The third-order valence-corrected chi connectivity index (χ3v) is 10.9. The van der Waals surface area contributed by atoms with Gasteiger partial charge in [0, 0.05) is 48.4 Å². The van der Waals surface area contributed by atoms with Gasteiger partial charge in [0.1, 0.15) is 5.65 Å². The van der Waals surface area contributed by atoms with Crippen LogP contribution in [0.4, 0.5) is 0 Å². The quantitative estimate of drug-likeness (QED) is 0.0710.